The smallest absolute Gasteiger partial charge is 0.252 e. The molecular weight excluding hydrogens is 424 g/mol. The van der Waals surface area contributed by atoms with Crippen LogP contribution in [0.5, 0.6) is 17.2 Å². The van der Waals surface area contributed by atoms with Crippen molar-refractivity contribution in [2.24, 2.45) is 0 Å². The maximum atomic E-state index is 12.3. The first-order chi connectivity index (χ1) is 14.5. The number of hydrogen-bond donors (Lipinski definition) is 2. The van der Waals surface area contributed by atoms with Gasteiger partial charge in [0.15, 0.2) is 5.75 Å². The van der Waals surface area contributed by atoms with Gasteiger partial charge in [0.2, 0.25) is 5.91 Å². The van der Waals surface area contributed by atoms with E-state index in [0.717, 1.165) is 5.75 Å². The van der Waals surface area contributed by atoms with E-state index in [1.165, 1.54) is 11.3 Å². The van der Waals surface area contributed by atoms with E-state index >= 15 is 0 Å². The average molecular weight is 445 g/mol. The zero-order chi connectivity index (χ0) is 21.3. The van der Waals surface area contributed by atoms with Crippen molar-refractivity contribution in [2.75, 3.05) is 19.0 Å². The van der Waals surface area contributed by atoms with Crippen LogP contribution in [-0.2, 0) is 4.79 Å². The van der Waals surface area contributed by atoms with Gasteiger partial charge >= 0.3 is 0 Å². The monoisotopic (exact) mass is 444 g/mol. The number of halogens is 1. The number of amides is 2. The fourth-order valence-corrected chi connectivity index (χ4v) is 3.43. The number of thiophene rings is 1. The summed E-state index contributed by atoms with van der Waals surface area (Å²) in [6, 6.07) is 13.9. The van der Waals surface area contributed by atoms with Gasteiger partial charge in [-0.25, -0.2) is 0 Å². The van der Waals surface area contributed by atoms with Crippen LogP contribution in [0.25, 0.3) is 0 Å². The van der Waals surface area contributed by atoms with Crippen molar-refractivity contribution in [1.29, 1.82) is 0 Å². The van der Waals surface area contributed by atoms with Gasteiger partial charge in [-0.15, -0.1) is 0 Å². The topological polar surface area (TPSA) is 76.7 Å². The highest BCUT2D eigenvalue weighted by atomic mass is 35.5. The summed E-state index contributed by atoms with van der Waals surface area (Å²) in [6.07, 6.45) is 0.759. The van der Waals surface area contributed by atoms with Crippen molar-refractivity contribution in [3.05, 3.63) is 69.9 Å². The highest BCUT2D eigenvalue weighted by molar-refractivity contribution is 7.08. The van der Waals surface area contributed by atoms with Gasteiger partial charge in [-0.3, -0.25) is 9.59 Å². The summed E-state index contributed by atoms with van der Waals surface area (Å²) >= 11 is 7.55. The van der Waals surface area contributed by atoms with Crippen molar-refractivity contribution in [3.63, 3.8) is 0 Å². The lowest BCUT2D eigenvalue weighted by Gasteiger charge is -2.13. The van der Waals surface area contributed by atoms with Gasteiger partial charge in [-0.05, 0) is 60.3 Å². The van der Waals surface area contributed by atoms with Crippen molar-refractivity contribution in [1.82, 2.24) is 5.32 Å². The molecule has 2 aromatic carbocycles. The van der Waals surface area contributed by atoms with E-state index < -0.39 is 0 Å². The molecule has 0 saturated heterocycles. The van der Waals surface area contributed by atoms with Crippen molar-refractivity contribution in [3.8, 4) is 17.2 Å². The minimum Gasteiger partial charge on any atom is -0.497 e. The lowest BCUT2D eigenvalue weighted by Crippen LogP contribution is -2.25. The van der Waals surface area contributed by atoms with E-state index in [1.807, 2.05) is 5.38 Å². The van der Waals surface area contributed by atoms with Gasteiger partial charge in [0.05, 0.1) is 12.8 Å². The number of nitrogens with one attached hydrogen (secondary N) is 2. The molecule has 0 atom stereocenters. The molecule has 0 spiro atoms. The van der Waals surface area contributed by atoms with Gasteiger partial charge in [-0.1, -0.05) is 11.6 Å². The number of hydrogen-bond acceptors (Lipinski definition) is 5. The van der Waals surface area contributed by atoms with Gasteiger partial charge in [-0.2, -0.15) is 11.3 Å². The molecule has 30 heavy (non-hydrogen) atoms. The first kappa shape index (κ1) is 21.7. The molecule has 1 heterocycles. The second kappa shape index (κ2) is 10.7. The Labute approximate surface area is 183 Å². The maximum Gasteiger partial charge on any atom is 0.252 e. The predicted octanol–water partition coefficient (Wildman–Crippen LogP) is 5.35. The standard InChI is InChI=1S/C22H21ClN2O4S/c1-28-17-5-7-18(8-6-17)29-20-9-4-16(23)13-19(20)25-21(26)3-2-11-24-22(27)15-10-12-30-14-15/h4-10,12-14H,2-3,11H2,1H3,(H,24,27)(H,25,26). The van der Waals surface area contributed by atoms with Gasteiger partial charge in [0.1, 0.15) is 11.5 Å². The Bertz CT molecular complexity index is 991. The summed E-state index contributed by atoms with van der Waals surface area (Å²) in [4.78, 5) is 24.2. The molecule has 2 N–H and O–H groups in total. The number of methoxy groups -OCH3 is 1. The number of carbonyl (C=O) groups is 2. The lowest BCUT2D eigenvalue weighted by atomic mass is 10.2. The van der Waals surface area contributed by atoms with Crippen LogP contribution in [0.3, 0.4) is 0 Å². The average Bonchev–Trinajstić information content (AvgIpc) is 3.28. The largest absolute Gasteiger partial charge is 0.497 e. The molecule has 6 nitrogen and oxygen atoms in total. The predicted molar refractivity (Wildman–Crippen MR) is 119 cm³/mol. The van der Waals surface area contributed by atoms with Crippen LogP contribution in [-0.4, -0.2) is 25.5 Å². The van der Waals surface area contributed by atoms with E-state index in [9.17, 15) is 9.59 Å². The van der Waals surface area contributed by atoms with Crippen LogP contribution < -0.4 is 20.1 Å². The first-order valence-corrected chi connectivity index (χ1v) is 10.6. The van der Waals surface area contributed by atoms with Crippen LogP contribution in [0.4, 0.5) is 5.69 Å². The van der Waals surface area contributed by atoms with Gasteiger partial charge in [0.25, 0.3) is 5.91 Å². The number of ether oxygens (including phenoxy) is 2. The van der Waals surface area contributed by atoms with E-state index in [4.69, 9.17) is 21.1 Å². The highest BCUT2D eigenvalue weighted by Crippen LogP contribution is 2.32. The zero-order valence-electron chi connectivity index (χ0n) is 16.3. The summed E-state index contributed by atoms with van der Waals surface area (Å²) in [5, 5.41) is 9.74. The van der Waals surface area contributed by atoms with E-state index in [2.05, 4.69) is 10.6 Å². The SMILES string of the molecule is COc1ccc(Oc2ccc(Cl)cc2NC(=O)CCCNC(=O)c2ccsc2)cc1. The van der Waals surface area contributed by atoms with E-state index in [1.54, 1.807) is 61.0 Å². The van der Waals surface area contributed by atoms with Crippen LogP contribution in [0, 0.1) is 0 Å². The third-order valence-electron chi connectivity index (χ3n) is 4.15. The lowest BCUT2D eigenvalue weighted by molar-refractivity contribution is -0.116. The quantitative estimate of drug-likeness (QED) is 0.436. The van der Waals surface area contributed by atoms with Crippen molar-refractivity contribution < 1.29 is 19.1 Å². The molecule has 0 aliphatic rings. The Morgan fingerprint density at radius 2 is 1.83 bits per heavy atom. The first-order valence-electron chi connectivity index (χ1n) is 9.27. The van der Waals surface area contributed by atoms with Crippen molar-refractivity contribution >= 4 is 40.4 Å². The summed E-state index contributed by atoms with van der Waals surface area (Å²) in [6.45, 7) is 0.410. The van der Waals surface area contributed by atoms with Crippen molar-refractivity contribution in [2.45, 2.75) is 12.8 Å². The number of rotatable bonds is 9. The molecular formula is C22H21ClN2O4S. The minimum atomic E-state index is -0.193. The molecule has 0 bridgehead atoms. The van der Waals surface area contributed by atoms with Crippen LogP contribution in [0.15, 0.2) is 59.3 Å². The van der Waals surface area contributed by atoms with Crippen LogP contribution in [0.1, 0.15) is 23.2 Å². The summed E-state index contributed by atoms with van der Waals surface area (Å²) in [7, 11) is 1.59. The van der Waals surface area contributed by atoms with E-state index in [-0.39, 0.29) is 18.2 Å². The van der Waals surface area contributed by atoms with Gasteiger partial charge < -0.3 is 20.1 Å². The Morgan fingerprint density at radius 3 is 2.53 bits per heavy atom. The second-order valence-electron chi connectivity index (χ2n) is 6.34. The Balaban J connectivity index is 1.53. The molecule has 2 amide bonds. The van der Waals surface area contributed by atoms with E-state index in [0.29, 0.717) is 40.7 Å². The Kier molecular flexibility index (Phi) is 7.70. The number of anilines is 1. The Hall–Kier alpha value is -3.03. The van der Waals surface area contributed by atoms with Crippen LogP contribution in [0.2, 0.25) is 5.02 Å². The molecule has 3 rings (SSSR count). The molecule has 1 aromatic heterocycles. The molecule has 0 saturated carbocycles. The summed E-state index contributed by atoms with van der Waals surface area (Å²) < 4.78 is 11.0. The zero-order valence-corrected chi connectivity index (χ0v) is 17.9. The van der Waals surface area contributed by atoms with Gasteiger partial charge in [0, 0.05) is 28.9 Å². The highest BCUT2D eigenvalue weighted by Gasteiger charge is 2.11. The molecule has 0 fully saturated rings. The fraction of sp³-hybridized carbons (Fsp3) is 0.182. The Morgan fingerprint density at radius 1 is 1.07 bits per heavy atom. The summed E-state index contributed by atoms with van der Waals surface area (Å²) in [5.74, 6) is 1.47. The third kappa shape index (κ3) is 6.23. The molecule has 3 aromatic rings. The number of benzene rings is 2. The maximum absolute atomic E-state index is 12.3. The molecule has 0 aliphatic carbocycles. The second-order valence-corrected chi connectivity index (χ2v) is 7.55. The molecule has 0 radical (unpaired) electrons. The molecule has 0 aliphatic heterocycles. The molecule has 156 valence electrons. The molecule has 8 heteroatoms. The summed E-state index contributed by atoms with van der Waals surface area (Å²) in [5.41, 5.74) is 1.11. The number of carbonyl (C=O) groups excluding carboxylic acids is 2. The minimum absolute atomic E-state index is 0.137. The van der Waals surface area contributed by atoms with Crippen LogP contribution >= 0.6 is 22.9 Å². The fourth-order valence-electron chi connectivity index (χ4n) is 2.62. The third-order valence-corrected chi connectivity index (χ3v) is 5.07. The normalized spacial score (nSPS) is 10.3. The molecule has 0 unspecified atom stereocenters.